The van der Waals surface area contributed by atoms with Crippen molar-refractivity contribution < 1.29 is 8.78 Å². The maximum atomic E-state index is 12.6. The number of benzene rings is 1. The van der Waals surface area contributed by atoms with Crippen molar-refractivity contribution in [2.45, 2.75) is 32.7 Å². The van der Waals surface area contributed by atoms with Crippen molar-refractivity contribution in [1.82, 2.24) is 5.32 Å². The SMILES string of the molecule is CNCc1cc(C(C)C)cc(C(F)F)c1. The van der Waals surface area contributed by atoms with E-state index < -0.39 is 6.43 Å². The van der Waals surface area contributed by atoms with Crippen molar-refractivity contribution in [3.8, 4) is 0 Å². The fourth-order valence-corrected chi connectivity index (χ4v) is 1.51. The van der Waals surface area contributed by atoms with Gasteiger partial charge in [-0.25, -0.2) is 8.78 Å². The van der Waals surface area contributed by atoms with Gasteiger partial charge in [-0.2, -0.15) is 0 Å². The Balaban J connectivity index is 3.08. The molecule has 0 aliphatic rings. The average molecular weight is 213 g/mol. The van der Waals surface area contributed by atoms with Gasteiger partial charge in [0, 0.05) is 12.1 Å². The summed E-state index contributed by atoms with van der Waals surface area (Å²) in [6.07, 6.45) is -2.39. The predicted molar refractivity (Wildman–Crippen MR) is 58.3 cm³/mol. The second-order valence-electron chi connectivity index (χ2n) is 3.99. The third kappa shape index (κ3) is 3.27. The van der Waals surface area contributed by atoms with Gasteiger partial charge in [0.1, 0.15) is 0 Å². The lowest BCUT2D eigenvalue weighted by atomic mass is 9.98. The molecule has 1 rings (SSSR count). The third-order valence-electron chi connectivity index (χ3n) is 2.34. The molecule has 0 aliphatic heterocycles. The van der Waals surface area contributed by atoms with E-state index in [1.54, 1.807) is 12.1 Å². The minimum Gasteiger partial charge on any atom is -0.316 e. The molecule has 1 aromatic carbocycles. The van der Waals surface area contributed by atoms with Crippen LogP contribution in [0.5, 0.6) is 0 Å². The van der Waals surface area contributed by atoms with Gasteiger partial charge in [-0.05, 0) is 36.2 Å². The normalized spacial score (nSPS) is 11.4. The summed E-state index contributed by atoms with van der Waals surface area (Å²) in [7, 11) is 1.81. The lowest BCUT2D eigenvalue weighted by Crippen LogP contribution is -2.06. The number of rotatable bonds is 4. The van der Waals surface area contributed by atoms with Crippen LogP contribution in [0.1, 0.15) is 42.9 Å². The molecule has 1 N–H and O–H groups in total. The number of nitrogens with one attached hydrogen (secondary N) is 1. The topological polar surface area (TPSA) is 12.0 Å². The third-order valence-corrected chi connectivity index (χ3v) is 2.34. The maximum Gasteiger partial charge on any atom is 0.263 e. The highest BCUT2D eigenvalue weighted by Gasteiger charge is 2.11. The lowest BCUT2D eigenvalue weighted by molar-refractivity contribution is 0.151. The van der Waals surface area contributed by atoms with Gasteiger partial charge >= 0.3 is 0 Å². The molecule has 0 heterocycles. The van der Waals surface area contributed by atoms with Gasteiger partial charge in [0.15, 0.2) is 0 Å². The molecule has 0 aliphatic carbocycles. The van der Waals surface area contributed by atoms with Gasteiger partial charge < -0.3 is 5.32 Å². The summed E-state index contributed by atoms with van der Waals surface area (Å²) < 4.78 is 25.2. The Hall–Kier alpha value is -0.960. The molecule has 15 heavy (non-hydrogen) atoms. The van der Waals surface area contributed by atoms with E-state index in [4.69, 9.17) is 0 Å². The van der Waals surface area contributed by atoms with E-state index in [9.17, 15) is 8.78 Å². The summed E-state index contributed by atoms with van der Waals surface area (Å²) >= 11 is 0. The second kappa shape index (κ2) is 5.21. The Kier molecular flexibility index (Phi) is 4.21. The van der Waals surface area contributed by atoms with Crippen LogP contribution < -0.4 is 5.32 Å². The maximum absolute atomic E-state index is 12.6. The van der Waals surface area contributed by atoms with Crippen molar-refractivity contribution in [3.63, 3.8) is 0 Å². The van der Waals surface area contributed by atoms with Crippen LogP contribution in [0.15, 0.2) is 18.2 Å². The minimum absolute atomic E-state index is 0.117. The lowest BCUT2D eigenvalue weighted by Gasteiger charge is -2.11. The Labute approximate surface area is 89.5 Å². The number of halogens is 2. The van der Waals surface area contributed by atoms with Crippen LogP contribution in [0.3, 0.4) is 0 Å². The van der Waals surface area contributed by atoms with Crippen LogP contribution in [0.4, 0.5) is 8.78 Å². The average Bonchev–Trinajstić information content (AvgIpc) is 2.17. The van der Waals surface area contributed by atoms with Gasteiger partial charge in [-0.3, -0.25) is 0 Å². The molecule has 84 valence electrons. The quantitative estimate of drug-likeness (QED) is 0.807. The van der Waals surface area contributed by atoms with Gasteiger partial charge in [-0.1, -0.05) is 19.9 Å². The van der Waals surface area contributed by atoms with Crippen LogP contribution in [-0.4, -0.2) is 7.05 Å². The van der Waals surface area contributed by atoms with E-state index in [0.717, 1.165) is 11.1 Å². The first kappa shape index (κ1) is 12.1. The van der Waals surface area contributed by atoms with E-state index in [0.29, 0.717) is 6.54 Å². The fraction of sp³-hybridized carbons (Fsp3) is 0.500. The van der Waals surface area contributed by atoms with Crippen LogP contribution in [0.2, 0.25) is 0 Å². The molecule has 0 amide bonds. The van der Waals surface area contributed by atoms with E-state index in [-0.39, 0.29) is 11.5 Å². The van der Waals surface area contributed by atoms with Crippen molar-refractivity contribution in [2.24, 2.45) is 0 Å². The number of hydrogen-bond acceptors (Lipinski definition) is 1. The minimum atomic E-state index is -2.39. The number of hydrogen-bond donors (Lipinski definition) is 1. The molecule has 0 radical (unpaired) electrons. The monoisotopic (exact) mass is 213 g/mol. The molecule has 3 heteroatoms. The van der Waals surface area contributed by atoms with Crippen LogP contribution in [0, 0.1) is 0 Å². The molecule has 0 spiro atoms. The van der Waals surface area contributed by atoms with E-state index in [1.165, 1.54) is 0 Å². The van der Waals surface area contributed by atoms with Gasteiger partial charge in [0.2, 0.25) is 0 Å². The Morgan fingerprint density at radius 2 is 1.73 bits per heavy atom. The predicted octanol–water partition coefficient (Wildman–Crippen LogP) is 3.47. The van der Waals surface area contributed by atoms with Crippen molar-refractivity contribution >= 4 is 0 Å². The highest BCUT2D eigenvalue weighted by Crippen LogP contribution is 2.25. The van der Waals surface area contributed by atoms with Crippen LogP contribution >= 0.6 is 0 Å². The van der Waals surface area contributed by atoms with Gasteiger partial charge in [0.05, 0.1) is 0 Å². The molecule has 0 fully saturated rings. The Morgan fingerprint density at radius 3 is 2.20 bits per heavy atom. The van der Waals surface area contributed by atoms with Crippen molar-refractivity contribution in [3.05, 3.63) is 34.9 Å². The zero-order valence-corrected chi connectivity index (χ0v) is 9.35. The van der Waals surface area contributed by atoms with Gasteiger partial charge in [-0.15, -0.1) is 0 Å². The molecular weight excluding hydrogens is 196 g/mol. The highest BCUT2D eigenvalue weighted by atomic mass is 19.3. The first-order chi connectivity index (χ1) is 7.04. The van der Waals surface area contributed by atoms with Crippen molar-refractivity contribution in [1.29, 1.82) is 0 Å². The first-order valence-corrected chi connectivity index (χ1v) is 5.11. The summed E-state index contributed by atoms with van der Waals surface area (Å²) in [6, 6.07) is 5.13. The Morgan fingerprint density at radius 1 is 1.13 bits per heavy atom. The molecule has 0 atom stereocenters. The van der Waals surface area contributed by atoms with E-state index in [1.807, 2.05) is 27.0 Å². The Bertz CT molecular complexity index is 295. The van der Waals surface area contributed by atoms with E-state index in [2.05, 4.69) is 5.32 Å². The molecular formula is C12H17F2N. The largest absolute Gasteiger partial charge is 0.316 e. The zero-order chi connectivity index (χ0) is 11.4. The molecule has 0 saturated heterocycles. The highest BCUT2D eigenvalue weighted by molar-refractivity contribution is 5.32. The standard InChI is InChI=1S/C12H17F2N/c1-8(2)10-4-9(7-15-3)5-11(6-10)12(13)14/h4-6,8,12,15H,7H2,1-3H3. The summed E-state index contributed by atoms with van der Waals surface area (Å²) in [4.78, 5) is 0. The van der Waals surface area contributed by atoms with E-state index >= 15 is 0 Å². The number of alkyl halides is 2. The molecule has 1 nitrogen and oxygen atoms in total. The fourth-order valence-electron chi connectivity index (χ4n) is 1.51. The molecule has 0 saturated carbocycles. The summed E-state index contributed by atoms with van der Waals surface area (Å²) in [5.41, 5.74) is 2.00. The van der Waals surface area contributed by atoms with Crippen molar-refractivity contribution in [2.75, 3.05) is 7.05 Å². The molecule has 0 bridgehead atoms. The van der Waals surface area contributed by atoms with Gasteiger partial charge in [0.25, 0.3) is 6.43 Å². The van der Waals surface area contributed by atoms with Crippen LogP contribution in [0.25, 0.3) is 0 Å². The second-order valence-corrected chi connectivity index (χ2v) is 3.99. The molecule has 0 aromatic heterocycles. The summed E-state index contributed by atoms with van der Waals surface area (Å²) in [5, 5.41) is 2.97. The first-order valence-electron chi connectivity index (χ1n) is 5.11. The smallest absolute Gasteiger partial charge is 0.263 e. The molecule has 0 unspecified atom stereocenters. The summed E-state index contributed by atoms with van der Waals surface area (Å²) in [6.45, 7) is 4.64. The zero-order valence-electron chi connectivity index (χ0n) is 9.35. The van der Waals surface area contributed by atoms with Crippen LogP contribution in [-0.2, 0) is 6.54 Å². The summed E-state index contributed by atoms with van der Waals surface area (Å²) in [5.74, 6) is 0.277. The molecule has 1 aromatic rings.